The lowest BCUT2D eigenvalue weighted by Crippen LogP contribution is -2.10. The summed E-state index contributed by atoms with van der Waals surface area (Å²) in [6.45, 7) is 0. The van der Waals surface area contributed by atoms with E-state index < -0.39 is 0 Å². The number of halogens is 1. The molecule has 0 atom stereocenters. The number of pyridine rings is 1. The summed E-state index contributed by atoms with van der Waals surface area (Å²) in [5, 5.41) is 4.83. The average molecular weight is 425 g/mol. The normalized spacial score (nSPS) is 11.0. The molecule has 0 fully saturated rings. The van der Waals surface area contributed by atoms with Crippen molar-refractivity contribution in [2.45, 2.75) is 0 Å². The van der Waals surface area contributed by atoms with Crippen molar-refractivity contribution in [2.75, 3.05) is 4.90 Å². The van der Waals surface area contributed by atoms with Gasteiger partial charge in [-0.3, -0.25) is 4.98 Å². The molecule has 0 spiro atoms. The minimum atomic E-state index is 1.03. The van der Waals surface area contributed by atoms with Crippen LogP contribution in [0.3, 0.4) is 0 Å². The largest absolute Gasteiger partial charge is 0.308 e. The maximum atomic E-state index is 4.37. The number of fused-ring (bicyclic) bond motifs is 2. The molecule has 0 N–H and O–H groups in total. The molecule has 1 heterocycles. The van der Waals surface area contributed by atoms with Gasteiger partial charge < -0.3 is 4.90 Å². The summed E-state index contributed by atoms with van der Waals surface area (Å²) < 4.78 is 1.09. The quantitative estimate of drug-likeness (QED) is 0.296. The van der Waals surface area contributed by atoms with E-state index in [4.69, 9.17) is 0 Å². The van der Waals surface area contributed by atoms with Gasteiger partial charge in [0.15, 0.2) is 0 Å². The summed E-state index contributed by atoms with van der Waals surface area (Å²) in [6, 6.07) is 31.8. The SMILES string of the molecule is Brc1ccc(N(c2cccnc2)c2ccc3ccccc3c2)c2ccccc12. The smallest absolute Gasteiger partial charge is 0.0645 e. The highest BCUT2D eigenvalue weighted by Gasteiger charge is 2.16. The molecule has 134 valence electrons. The summed E-state index contributed by atoms with van der Waals surface area (Å²) in [6.07, 6.45) is 3.72. The molecule has 0 amide bonds. The fourth-order valence-corrected chi connectivity index (χ4v) is 4.15. The van der Waals surface area contributed by atoms with Crippen LogP contribution < -0.4 is 4.90 Å². The minimum Gasteiger partial charge on any atom is -0.308 e. The molecule has 2 nitrogen and oxygen atoms in total. The highest BCUT2D eigenvalue weighted by molar-refractivity contribution is 9.10. The van der Waals surface area contributed by atoms with Crippen molar-refractivity contribution in [3.63, 3.8) is 0 Å². The molecule has 28 heavy (non-hydrogen) atoms. The molecule has 0 aliphatic heterocycles. The van der Waals surface area contributed by atoms with Crippen molar-refractivity contribution in [3.8, 4) is 0 Å². The van der Waals surface area contributed by atoms with E-state index in [0.717, 1.165) is 21.5 Å². The maximum Gasteiger partial charge on any atom is 0.0645 e. The van der Waals surface area contributed by atoms with Crippen LogP contribution in [0.15, 0.2) is 108 Å². The Kier molecular flexibility index (Phi) is 4.30. The van der Waals surface area contributed by atoms with Crippen LogP contribution in [0, 0.1) is 0 Å². The maximum absolute atomic E-state index is 4.37. The van der Waals surface area contributed by atoms with Crippen LogP contribution in [-0.4, -0.2) is 4.98 Å². The second-order valence-electron chi connectivity index (χ2n) is 6.69. The van der Waals surface area contributed by atoms with E-state index in [1.165, 1.54) is 21.5 Å². The number of aromatic nitrogens is 1. The van der Waals surface area contributed by atoms with Gasteiger partial charge in [-0.2, -0.15) is 0 Å². The first kappa shape index (κ1) is 17.0. The Morgan fingerprint density at radius 3 is 2.25 bits per heavy atom. The second kappa shape index (κ2) is 7.10. The zero-order valence-electron chi connectivity index (χ0n) is 15.1. The predicted octanol–water partition coefficient (Wildman–Crippen LogP) is 7.62. The van der Waals surface area contributed by atoms with Crippen molar-refractivity contribution < 1.29 is 0 Å². The van der Waals surface area contributed by atoms with E-state index in [1.807, 2.05) is 18.5 Å². The van der Waals surface area contributed by atoms with E-state index >= 15 is 0 Å². The van der Waals surface area contributed by atoms with Gasteiger partial charge in [-0.05, 0) is 52.6 Å². The van der Waals surface area contributed by atoms with Crippen molar-refractivity contribution in [1.29, 1.82) is 0 Å². The standard InChI is InChI=1S/C25H17BrN2/c26-24-13-14-25(23-10-4-3-9-22(23)24)28(21-8-5-15-27-17-21)20-12-11-18-6-1-2-7-19(18)16-20/h1-17H. The Hall–Kier alpha value is -3.17. The second-order valence-corrected chi connectivity index (χ2v) is 7.54. The molecule has 1 aromatic heterocycles. The summed E-state index contributed by atoms with van der Waals surface area (Å²) in [4.78, 5) is 6.64. The van der Waals surface area contributed by atoms with E-state index in [-0.39, 0.29) is 0 Å². The summed E-state index contributed by atoms with van der Waals surface area (Å²) >= 11 is 3.69. The van der Waals surface area contributed by atoms with Crippen molar-refractivity contribution in [1.82, 2.24) is 4.98 Å². The third kappa shape index (κ3) is 2.94. The molecule has 0 aliphatic carbocycles. The van der Waals surface area contributed by atoms with E-state index in [2.05, 4.69) is 111 Å². The summed E-state index contributed by atoms with van der Waals surface area (Å²) in [5.41, 5.74) is 3.27. The molecule has 0 saturated carbocycles. The first-order valence-electron chi connectivity index (χ1n) is 9.17. The van der Waals surface area contributed by atoms with Gasteiger partial charge in [-0.15, -0.1) is 0 Å². The molecular weight excluding hydrogens is 408 g/mol. The van der Waals surface area contributed by atoms with Crippen LogP contribution in [0.2, 0.25) is 0 Å². The molecule has 3 heteroatoms. The minimum absolute atomic E-state index is 1.03. The van der Waals surface area contributed by atoms with Crippen molar-refractivity contribution >= 4 is 54.5 Å². The van der Waals surface area contributed by atoms with E-state index in [0.29, 0.717) is 0 Å². The van der Waals surface area contributed by atoms with E-state index in [9.17, 15) is 0 Å². The van der Waals surface area contributed by atoms with Crippen LogP contribution >= 0.6 is 15.9 Å². The van der Waals surface area contributed by atoms with Gasteiger partial charge in [0, 0.05) is 21.7 Å². The number of hydrogen-bond acceptors (Lipinski definition) is 2. The fourth-order valence-electron chi connectivity index (χ4n) is 3.67. The highest BCUT2D eigenvalue weighted by atomic mass is 79.9. The Bertz CT molecular complexity index is 1280. The predicted molar refractivity (Wildman–Crippen MR) is 122 cm³/mol. The average Bonchev–Trinajstić information content (AvgIpc) is 2.76. The van der Waals surface area contributed by atoms with Gasteiger partial charge in [0.25, 0.3) is 0 Å². The molecule has 0 unspecified atom stereocenters. The summed E-state index contributed by atoms with van der Waals surface area (Å²) in [5.74, 6) is 0. The van der Waals surface area contributed by atoms with Crippen LogP contribution in [0.25, 0.3) is 21.5 Å². The van der Waals surface area contributed by atoms with Crippen molar-refractivity contribution in [3.05, 3.63) is 108 Å². The molecule has 5 aromatic rings. The van der Waals surface area contributed by atoms with Crippen molar-refractivity contribution in [2.24, 2.45) is 0 Å². The first-order valence-corrected chi connectivity index (χ1v) is 9.97. The third-order valence-corrected chi connectivity index (χ3v) is 5.68. The van der Waals surface area contributed by atoms with Gasteiger partial charge in [0.1, 0.15) is 0 Å². The van der Waals surface area contributed by atoms with Gasteiger partial charge in [0.2, 0.25) is 0 Å². The van der Waals surface area contributed by atoms with Gasteiger partial charge in [-0.1, -0.05) is 70.5 Å². The highest BCUT2D eigenvalue weighted by Crippen LogP contribution is 2.41. The van der Waals surface area contributed by atoms with Crippen LogP contribution in [0.1, 0.15) is 0 Å². The Morgan fingerprint density at radius 2 is 1.43 bits per heavy atom. The monoisotopic (exact) mass is 424 g/mol. The lowest BCUT2D eigenvalue weighted by atomic mass is 10.1. The van der Waals surface area contributed by atoms with Gasteiger partial charge in [-0.25, -0.2) is 0 Å². The topological polar surface area (TPSA) is 16.1 Å². The number of nitrogens with zero attached hydrogens (tertiary/aromatic N) is 2. The third-order valence-electron chi connectivity index (χ3n) is 4.98. The molecular formula is C25H17BrN2. The number of benzene rings is 4. The van der Waals surface area contributed by atoms with Crippen LogP contribution in [0.5, 0.6) is 0 Å². The first-order chi connectivity index (χ1) is 13.8. The fraction of sp³-hybridized carbons (Fsp3) is 0. The molecule has 5 rings (SSSR count). The number of anilines is 3. The zero-order chi connectivity index (χ0) is 18.9. The molecule has 0 aliphatic rings. The zero-order valence-corrected chi connectivity index (χ0v) is 16.7. The lowest BCUT2D eigenvalue weighted by molar-refractivity contribution is 1.24. The molecule has 4 aromatic carbocycles. The number of rotatable bonds is 3. The lowest BCUT2D eigenvalue weighted by Gasteiger charge is -2.27. The Morgan fingerprint density at radius 1 is 0.643 bits per heavy atom. The summed E-state index contributed by atoms with van der Waals surface area (Å²) in [7, 11) is 0. The van der Waals surface area contributed by atoms with Gasteiger partial charge in [0.05, 0.1) is 17.6 Å². The molecule has 0 radical (unpaired) electrons. The van der Waals surface area contributed by atoms with Gasteiger partial charge >= 0.3 is 0 Å². The van der Waals surface area contributed by atoms with Crippen LogP contribution in [0.4, 0.5) is 17.1 Å². The number of hydrogen-bond donors (Lipinski definition) is 0. The Labute approximate surface area is 172 Å². The molecule has 0 saturated heterocycles. The molecule has 0 bridgehead atoms. The Balaban J connectivity index is 1.80. The van der Waals surface area contributed by atoms with E-state index in [1.54, 1.807) is 0 Å². The van der Waals surface area contributed by atoms with Crippen LogP contribution in [-0.2, 0) is 0 Å².